The van der Waals surface area contributed by atoms with Gasteiger partial charge in [0.05, 0.1) is 5.41 Å². The Kier molecular flexibility index (Phi) is 3.37. The Morgan fingerprint density at radius 3 is 2.67 bits per heavy atom. The minimum absolute atomic E-state index is 0.0983. The maximum absolute atomic E-state index is 12.3. The van der Waals surface area contributed by atoms with Gasteiger partial charge in [0.2, 0.25) is 0 Å². The molecule has 0 bridgehead atoms. The molecule has 0 aliphatic heterocycles. The molecule has 4 heteroatoms. The van der Waals surface area contributed by atoms with Crippen LogP contribution in [-0.4, -0.2) is 24.1 Å². The number of carbonyl (C=O) groups excluding carboxylic acids is 3. The molecule has 0 spiro atoms. The zero-order valence-corrected chi connectivity index (χ0v) is 10.9. The molecule has 2 aliphatic carbocycles. The predicted molar refractivity (Wildman–Crippen MR) is 64.9 cm³/mol. The fourth-order valence-electron chi connectivity index (χ4n) is 3.06. The molecule has 0 aromatic rings. The van der Waals surface area contributed by atoms with E-state index in [1.165, 1.54) is 6.92 Å². The lowest BCUT2D eigenvalue weighted by molar-refractivity contribution is -0.147. The standard InChI is InChI=1S/C14H18O4/c1-9-11-4-3-5-13(17)14(11,7-6-12(9)16)8-18-10(2)15/h3-8H2,1-2H3/t14-/m1/s1. The number of rotatable bonds is 2. The molecule has 1 saturated carbocycles. The molecule has 0 radical (unpaired) electrons. The van der Waals surface area contributed by atoms with Crippen LogP contribution in [0.3, 0.4) is 0 Å². The van der Waals surface area contributed by atoms with Crippen LogP contribution in [0.5, 0.6) is 0 Å². The first-order valence-electron chi connectivity index (χ1n) is 6.37. The van der Waals surface area contributed by atoms with E-state index in [4.69, 9.17) is 4.74 Å². The van der Waals surface area contributed by atoms with E-state index in [9.17, 15) is 14.4 Å². The third kappa shape index (κ3) is 2.00. The number of ether oxygens (including phenoxy) is 1. The minimum Gasteiger partial charge on any atom is -0.464 e. The third-order valence-electron chi connectivity index (χ3n) is 4.11. The number of hydrogen-bond donors (Lipinski definition) is 0. The number of esters is 1. The highest BCUT2D eigenvalue weighted by molar-refractivity contribution is 6.01. The summed E-state index contributed by atoms with van der Waals surface area (Å²) in [7, 11) is 0. The van der Waals surface area contributed by atoms with Gasteiger partial charge < -0.3 is 4.74 Å². The molecular weight excluding hydrogens is 232 g/mol. The van der Waals surface area contributed by atoms with Crippen molar-refractivity contribution in [3.8, 4) is 0 Å². The summed E-state index contributed by atoms with van der Waals surface area (Å²) in [5, 5.41) is 0. The molecule has 2 aliphatic rings. The summed E-state index contributed by atoms with van der Waals surface area (Å²) in [5.74, 6) is -0.133. The first-order chi connectivity index (χ1) is 8.47. The van der Waals surface area contributed by atoms with Crippen molar-refractivity contribution in [1.82, 2.24) is 0 Å². The molecule has 0 aromatic carbocycles. The van der Waals surface area contributed by atoms with Gasteiger partial charge in [-0.1, -0.05) is 0 Å². The average molecular weight is 250 g/mol. The summed E-state index contributed by atoms with van der Waals surface area (Å²) in [6, 6.07) is 0. The Bertz CT molecular complexity index is 447. The number of hydrogen-bond acceptors (Lipinski definition) is 4. The maximum atomic E-state index is 12.3. The molecule has 2 rings (SSSR count). The van der Waals surface area contributed by atoms with Crippen molar-refractivity contribution < 1.29 is 19.1 Å². The summed E-state index contributed by atoms with van der Waals surface area (Å²) in [5.41, 5.74) is 0.916. The van der Waals surface area contributed by atoms with Crippen LogP contribution in [0, 0.1) is 5.41 Å². The quantitative estimate of drug-likeness (QED) is 0.703. The molecule has 1 fully saturated rings. The van der Waals surface area contributed by atoms with E-state index in [0.717, 1.165) is 18.4 Å². The number of allylic oxidation sites excluding steroid dienone is 1. The van der Waals surface area contributed by atoms with Crippen LogP contribution in [0.15, 0.2) is 11.1 Å². The Labute approximate surface area is 106 Å². The molecule has 4 nitrogen and oxygen atoms in total. The van der Waals surface area contributed by atoms with Crippen molar-refractivity contribution in [3.63, 3.8) is 0 Å². The number of ketones is 2. The van der Waals surface area contributed by atoms with E-state index in [-0.39, 0.29) is 24.1 Å². The van der Waals surface area contributed by atoms with Crippen LogP contribution < -0.4 is 0 Å². The summed E-state index contributed by atoms with van der Waals surface area (Å²) < 4.78 is 5.09. The second-order valence-electron chi connectivity index (χ2n) is 5.17. The van der Waals surface area contributed by atoms with Gasteiger partial charge in [0, 0.05) is 19.8 Å². The van der Waals surface area contributed by atoms with Crippen LogP contribution >= 0.6 is 0 Å². The van der Waals surface area contributed by atoms with Crippen molar-refractivity contribution in [2.24, 2.45) is 5.41 Å². The Hall–Kier alpha value is -1.45. The molecule has 1 atom stereocenters. The molecule has 0 N–H and O–H groups in total. The van der Waals surface area contributed by atoms with Gasteiger partial charge in [-0.3, -0.25) is 14.4 Å². The van der Waals surface area contributed by atoms with E-state index in [0.29, 0.717) is 24.8 Å². The lowest BCUT2D eigenvalue weighted by atomic mass is 9.62. The normalized spacial score (nSPS) is 28.1. The Balaban J connectivity index is 2.39. The van der Waals surface area contributed by atoms with Gasteiger partial charge in [-0.25, -0.2) is 0 Å². The number of fused-ring (bicyclic) bond motifs is 1. The van der Waals surface area contributed by atoms with E-state index < -0.39 is 5.41 Å². The summed E-state index contributed by atoms with van der Waals surface area (Å²) >= 11 is 0. The highest BCUT2D eigenvalue weighted by atomic mass is 16.5. The van der Waals surface area contributed by atoms with Crippen molar-refractivity contribution in [1.29, 1.82) is 0 Å². The summed E-state index contributed by atoms with van der Waals surface area (Å²) in [4.78, 5) is 35.0. The average Bonchev–Trinajstić information content (AvgIpc) is 2.33. The lowest BCUT2D eigenvalue weighted by Gasteiger charge is -2.41. The third-order valence-corrected chi connectivity index (χ3v) is 4.11. The largest absolute Gasteiger partial charge is 0.464 e. The van der Waals surface area contributed by atoms with Crippen LogP contribution in [-0.2, 0) is 19.1 Å². The SMILES string of the molecule is CC(=O)OC[C@]12CCC(=O)C(C)=C1CCCC2=O. The van der Waals surface area contributed by atoms with Gasteiger partial charge in [-0.05, 0) is 37.3 Å². The predicted octanol–water partition coefficient (Wildman–Crippen LogP) is 1.97. The van der Waals surface area contributed by atoms with Gasteiger partial charge in [-0.15, -0.1) is 0 Å². The zero-order chi connectivity index (χ0) is 13.3. The molecular formula is C14H18O4. The maximum Gasteiger partial charge on any atom is 0.302 e. The molecule has 0 amide bonds. The Morgan fingerprint density at radius 1 is 1.28 bits per heavy atom. The van der Waals surface area contributed by atoms with Crippen LogP contribution in [0.1, 0.15) is 46.0 Å². The van der Waals surface area contributed by atoms with E-state index in [1.807, 2.05) is 0 Å². The van der Waals surface area contributed by atoms with Gasteiger partial charge in [0.25, 0.3) is 0 Å². The second-order valence-corrected chi connectivity index (χ2v) is 5.17. The minimum atomic E-state index is -0.706. The number of carbonyl (C=O) groups is 3. The van der Waals surface area contributed by atoms with Crippen LogP contribution in [0.25, 0.3) is 0 Å². The molecule has 0 saturated heterocycles. The fourth-order valence-corrected chi connectivity index (χ4v) is 3.06. The van der Waals surface area contributed by atoms with E-state index >= 15 is 0 Å². The van der Waals surface area contributed by atoms with Gasteiger partial charge in [0.1, 0.15) is 12.4 Å². The molecule has 0 heterocycles. The summed E-state index contributed by atoms with van der Waals surface area (Å²) in [6.07, 6.45) is 2.95. The van der Waals surface area contributed by atoms with Crippen LogP contribution in [0.2, 0.25) is 0 Å². The second kappa shape index (κ2) is 4.67. The monoisotopic (exact) mass is 250 g/mol. The van der Waals surface area contributed by atoms with Gasteiger partial charge >= 0.3 is 5.97 Å². The highest BCUT2D eigenvalue weighted by Gasteiger charge is 2.48. The van der Waals surface area contributed by atoms with Crippen LogP contribution in [0.4, 0.5) is 0 Å². The van der Waals surface area contributed by atoms with Crippen molar-refractivity contribution in [2.75, 3.05) is 6.61 Å². The van der Waals surface area contributed by atoms with Crippen molar-refractivity contribution in [3.05, 3.63) is 11.1 Å². The molecule has 98 valence electrons. The molecule has 0 unspecified atom stereocenters. The highest BCUT2D eigenvalue weighted by Crippen LogP contribution is 2.47. The topological polar surface area (TPSA) is 60.4 Å². The van der Waals surface area contributed by atoms with Crippen molar-refractivity contribution in [2.45, 2.75) is 46.0 Å². The smallest absolute Gasteiger partial charge is 0.302 e. The van der Waals surface area contributed by atoms with Crippen molar-refractivity contribution >= 4 is 17.5 Å². The number of Topliss-reactive ketones (excluding diaryl/α,β-unsaturated/α-hetero) is 2. The molecule has 18 heavy (non-hydrogen) atoms. The molecule has 0 aromatic heterocycles. The first-order valence-corrected chi connectivity index (χ1v) is 6.37. The van der Waals surface area contributed by atoms with E-state index in [2.05, 4.69) is 0 Å². The first kappa shape index (κ1) is 13.0. The Morgan fingerprint density at radius 2 is 2.00 bits per heavy atom. The van der Waals surface area contributed by atoms with Gasteiger partial charge in [-0.2, -0.15) is 0 Å². The summed E-state index contributed by atoms with van der Waals surface area (Å²) in [6.45, 7) is 3.23. The zero-order valence-electron chi connectivity index (χ0n) is 10.9. The van der Waals surface area contributed by atoms with Gasteiger partial charge in [0.15, 0.2) is 5.78 Å². The lowest BCUT2D eigenvalue weighted by Crippen LogP contribution is -2.44. The fraction of sp³-hybridized carbons (Fsp3) is 0.643. The van der Waals surface area contributed by atoms with E-state index in [1.54, 1.807) is 6.92 Å².